The first kappa shape index (κ1) is 16.7. The molecule has 24 heavy (non-hydrogen) atoms. The van der Waals surface area contributed by atoms with Crippen LogP contribution in [0, 0.1) is 11.3 Å². The van der Waals surface area contributed by atoms with E-state index in [-0.39, 0.29) is 17.2 Å². The van der Waals surface area contributed by atoms with Gasteiger partial charge in [0.2, 0.25) is 5.88 Å². The number of halogens is 2. The Morgan fingerprint density at radius 1 is 1.38 bits per heavy atom. The third kappa shape index (κ3) is 2.62. The fourth-order valence-electron chi connectivity index (χ4n) is 3.16. The second-order valence-electron chi connectivity index (χ2n) is 5.54. The molecule has 0 aromatic heterocycles. The largest absolute Gasteiger partial charge is 0.496 e. The average Bonchev–Trinajstić information content (AvgIpc) is 2.53. The topological polar surface area (TPSA) is 85.3 Å². The van der Waals surface area contributed by atoms with E-state index in [2.05, 4.69) is 0 Å². The molecule has 0 spiro atoms. The number of hydrogen-bond acceptors (Lipinski definition) is 5. The van der Waals surface area contributed by atoms with Crippen LogP contribution in [0.2, 0.25) is 10.0 Å². The van der Waals surface area contributed by atoms with Crippen LogP contribution in [0.5, 0.6) is 5.75 Å². The van der Waals surface area contributed by atoms with E-state index in [0.717, 1.165) is 0 Å². The van der Waals surface area contributed by atoms with Crippen LogP contribution in [-0.4, -0.2) is 12.9 Å². The van der Waals surface area contributed by atoms with Crippen LogP contribution in [0.1, 0.15) is 30.7 Å². The predicted octanol–water partition coefficient (Wildman–Crippen LogP) is 3.82. The van der Waals surface area contributed by atoms with Gasteiger partial charge in [0.1, 0.15) is 23.2 Å². The zero-order valence-corrected chi connectivity index (χ0v) is 14.4. The van der Waals surface area contributed by atoms with E-state index < -0.39 is 5.92 Å². The van der Waals surface area contributed by atoms with Gasteiger partial charge < -0.3 is 15.2 Å². The molecule has 2 N–H and O–H groups in total. The van der Waals surface area contributed by atoms with E-state index >= 15 is 0 Å². The minimum absolute atomic E-state index is 0.0102. The molecule has 0 bridgehead atoms. The van der Waals surface area contributed by atoms with Crippen molar-refractivity contribution in [2.24, 2.45) is 5.73 Å². The Hall–Kier alpha value is -2.16. The van der Waals surface area contributed by atoms with E-state index in [1.165, 1.54) is 7.11 Å². The summed E-state index contributed by atoms with van der Waals surface area (Å²) in [6.45, 7) is 0. The standard InChI is InChI=1S/C17H14Cl2N2O3/c1-23-13-6-8(18)5-10(19)15(13)14-9(7-20)17(21)24-12-4-2-3-11(22)16(12)14/h5-6,14H,2-4,21H2,1H3. The number of Topliss-reactive ketones (excluding diaryl/α,β-unsaturated/α-hetero) is 1. The summed E-state index contributed by atoms with van der Waals surface area (Å²) >= 11 is 12.4. The first-order chi connectivity index (χ1) is 11.5. The van der Waals surface area contributed by atoms with E-state index in [1.807, 2.05) is 6.07 Å². The predicted molar refractivity (Wildman–Crippen MR) is 89.6 cm³/mol. The van der Waals surface area contributed by atoms with E-state index in [9.17, 15) is 10.1 Å². The van der Waals surface area contributed by atoms with Crippen molar-refractivity contribution < 1.29 is 14.3 Å². The lowest BCUT2D eigenvalue weighted by atomic mass is 9.77. The molecule has 1 aromatic carbocycles. The third-order valence-electron chi connectivity index (χ3n) is 4.17. The molecular formula is C17H14Cl2N2O3. The maximum Gasteiger partial charge on any atom is 0.205 e. The van der Waals surface area contributed by atoms with Crippen molar-refractivity contribution in [2.75, 3.05) is 7.11 Å². The smallest absolute Gasteiger partial charge is 0.205 e. The molecule has 2 aliphatic rings. The van der Waals surface area contributed by atoms with Crippen molar-refractivity contribution in [3.63, 3.8) is 0 Å². The number of ketones is 1. The van der Waals surface area contributed by atoms with Gasteiger partial charge in [0.15, 0.2) is 5.78 Å². The number of methoxy groups -OCH3 is 1. The molecule has 7 heteroatoms. The molecule has 1 aromatic rings. The molecule has 5 nitrogen and oxygen atoms in total. The lowest BCUT2D eigenvalue weighted by Gasteiger charge is -2.32. The maximum absolute atomic E-state index is 12.5. The number of ether oxygens (including phenoxy) is 2. The Morgan fingerprint density at radius 2 is 2.12 bits per heavy atom. The fourth-order valence-corrected chi connectivity index (χ4v) is 3.74. The van der Waals surface area contributed by atoms with E-state index in [0.29, 0.717) is 52.0 Å². The Kier molecular flexibility index (Phi) is 4.44. The molecule has 1 aliphatic heterocycles. The molecule has 0 fully saturated rings. The van der Waals surface area contributed by atoms with Crippen LogP contribution in [0.3, 0.4) is 0 Å². The Bertz CT molecular complexity index is 837. The van der Waals surface area contributed by atoms with Crippen molar-refractivity contribution in [2.45, 2.75) is 25.2 Å². The molecular weight excluding hydrogens is 351 g/mol. The number of carbonyl (C=O) groups excluding carboxylic acids is 1. The highest BCUT2D eigenvalue weighted by Gasteiger charge is 2.40. The first-order valence-corrected chi connectivity index (χ1v) is 8.10. The van der Waals surface area contributed by atoms with Crippen molar-refractivity contribution in [3.05, 3.63) is 50.5 Å². The van der Waals surface area contributed by atoms with Gasteiger partial charge in [0.05, 0.1) is 13.0 Å². The zero-order chi connectivity index (χ0) is 17.4. The number of nitrogens with zero attached hydrogens (tertiary/aromatic N) is 1. The summed E-state index contributed by atoms with van der Waals surface area (Å²) in [6, 6.07) is 5.19. The van der Waals surface area contributed by atoms with Gasteiger partial charge in [-0.1, -0.05) is 23.2 Å². The summed E-state index contributed by atoms with van der Waals surface area (Å²) in [5.74, 6) is 0.0934. The van der Waals surface area contributed by atoms with E-state index in [1.54, 1.807) is 12.1 Å². The normalized spacial score (nSPS) is 20.4. The van der Waals surface area contributed by atoms with Gasteiger partial charge in [-0.25, -0.2) is 0 Å². The molecule has 3 rings (SSSR count). The number of benzene rings is 1. The minimum atomic E-state index is -0.716. The van der Waals surface area contributed by atoms with Gasteiger partial charge >= 0.3 is 0 Å². The van der Waals surface area contributed by atoms with Crippen LogP contribution >= 0.6 is 23.2 Å². The highest BCUT2D eigenvalue weighted by molar-refractivity contribution is 6.35. The number of nitrogens with two attached hydrogens (primary N) is 1. The molecule has 1 aliphatic carbocycles. The second-order valence-corrected chi connectivity index (χ2v) is 6.39. The average molecular weight is 365 g/mol. The molecule has 0 radical (unpaired) electrons. The van der Waals surface area contributed by atoms with Gasteiger partial charge in [0, 0.05) is 34.0 Å². The highest BCUT2D eigenvalue weighted by atomic mass is 35.5. The summed E-state index contributed by atoms with van der Waals surface area (Å²) in [4.78, 5) is 12.5. The summed E-state index contributed by atoms with van der Waals surface area (Å²) in [6.07, 6.45) is 1.67. The highest BCUT2D eigenvalue weighted by Crippen LogP contribution is 2.48. The molecule has 1 heterocycles. The monoisotopic (exact) mass is 364 g/mol. The Labute approximate surface area is 149 Å². The van der Waals surface area contributed by atoms with Crippen LogP contribution in [0.4, 0.5) is 0 Å². The maximum atomic E-state index is 12.5. The summed E-state index contributed by atoms with van der Waals surface area (Å²) in [5, 5.41) is 10.3. The van der Waals surface area contributed by atoms with Crippen LogP contribution in [0.15, 0.2) is 34.9 Å². The lowest BCUT2D eigenvalue weighted by molar-refractivity contribution is -0.116. The van der Waals surface area contributed by atoms with Crippen LogP contribution < -0.4 is 10.5 Å². The van der Waals surface area contributed by atoms with Crippen molar-refractivity contribution >= 4 is 29.0 Å². The van der Waals surface area contributed by atoms with Crippen molar-refractivity contribution in [3.8, 4) is 11.8 Å². The molecule has 124 valence electrons. The van der Waals surface area contributed by atoms with Gasteiger partial charge in [-0.15, -0.1) is 0 Å². The van der Waals surface area contributed by atoms with Gasteiger partial charge in [-0.3, -0.25) is 4.79 Å². The number of allylic oxidation sites excluding steroid dienone is 3. The number of hydrogen-bond donors (Lipinski definition) is 1. The minimum Gasteiger partial charge on any atom is -0.496 e. The fraction of sp³-hybridized carbons (Fsp3) is 0.294. The Morgan fingerprint density at radius 3 is 2.79 bits per heavy atom. The SMILES string of the molecule is COc1cc(Cl)cc(Cl)c1C1C(C#N)=C(N)OC2=C1C(=O)CCC2. The first-order valence-electron chi connectivity index (χ1n) is 7.34. The Balaban J connectivity index is 2.30. The van der Waals surface area contributed by atoms with Crippen LogP contribution in [0.25, 0.3) is 0 Å². The van der Waals surface area contributed by atoms with Gasteiger partial charge in [0.25, 0.3) is 0 Å². The van der Waals surface area contributed by atoms with Crippen molar-refractivity contribution in [1.29, 1.82) is 5.26 Å². The van der Waals surface area contributed by atoms with Gasteiger partial charge in [-0.05, 0) is 18.6 Å². The van der Waals surface area contributed by atoms with E-state index in [4.69, 9.17) is 38.4 Å². The zero-order valence-electron chi connectivity index (χ0n) is 12.9. The molecule has 0 amide bonds. The summed E-state index contributed by atoms with van der Waals surface area (Å²) < 4.78 is 10.9. The summed E-state index contributed by atoms with van der Waals surface area (Å²) in [7, 11) is 1.47. The number of rotatable bonds is 2. The second kappa shape index (κ2) is 6.39. The van der Waals surface area contributed by atoms with Crippen LogP contribution in [-0.2, 0) is 9.53 Å². The molecule has 1 unspecified atom stereocenters. The molecule has 0 saturated carbocycles. The van der Waals surface area contributed by atoms with Crippen molar-refractivity contribution in [1.82, 2.24) is 0 Å². The third-order valence-corrected chi connectivity index (χ3v) is 4.70. The number of carbonyl (C=O) groups is 1. The molecule has 1 atom stereocenters. The number of nitriles is 1. The van der Waals surface area contributed by atoms with Gasteiger partial charge in [-0.2, -0.15) is 5.26 Å². The quantitative estimate of drug-likeness (QED) is 0.861. The molecule has 0 saturated heterocycles. The lowest BCUT2D eigenvalue weighted by Crippen LogP contribution is -2.27. The summed E-state index contributed by atoms with van der Waals surface area (Å²) in [5.41, 5.74) is 6.99.